The number of aromatic nitrogens is 1. The fourth-order valence-corrected chi connectivity index (χ4v) is 2.74. The van der Waals surface area contributed by atoms with Crippen LogP contribution in [-0.2, 0) is 17.8 Å². The van der Waals surface area contributed by atoms with E-state index in [0.29, 0.717) is 18.4 Å². The number of rotatable bonds is 5. The van der Waals surface area contributed by atoms with Crippen molar-refractivity contribution in [3.63, 3.8) is 0 Å². The highest BCUT2D eigenvalue weighted by molar-refractivity contribution is 5.82. The molecule has 0 aliphatic carbocycles. The molecule has 1 amide bonds. The molecule has 0 fully saturated rings. The molecule has 2 N–H and O–H groups in total. The van der Waals surface area contributed by atoms with E-state index in [0.717, 1.165) is 22.0 Å². The first-order valence-corrected chi connectivity index (χ1v) is 8.05. The Labute approximate surface area is 140 Å². The molecule has 122 valence electrons. The van der Waals surface area contributed by atoms with Crippen molar-refractivity contribution in [2.75, 3.05) is 0 Å². The Morgan fingerprint density at radius 2 is 1.88 bits per heavy atom. The van der Waals surface area contributed by atoms with E-state index < -0.39 is 0 Å². The van der Waals surface area contributed by atoms with E-state index in [4.69, 9.17) is 0 Å². The van der Waals surface area contributed by atoms with Crippen LogP contribution in [0.15, 0.2) is 59.4 Å². The zero-order valence-corrected chi connectivity index (χ0v) is 13.6. The summed E-state index contributed by atoms with van der Waals surface area (Å²) in [5, 5.41) is 3.81. The molecule has 0 bridgehead atoms. The standard InChI is InChI=1S/C20H20N2O2/c1-14-6-5-9-16-12-17(20(24)22-19(14)16)13-21-18(23)11-10-15-7-3-2-4-8-15/h2-9,12H,10-11,13H2,1H3,(H,21,23)(H,22,24). The zero-order valence-electron chi connectivity index (χ0n) is 13.6. The fourth-order valence-electron chi connectivity index (χ4n) is 2.74. The first kappa shape index (κ1) is 16.0. The van der Waals surface area contributed by atoms with E-state index in [2.05, 4.69) is 10.3 Å². The molecule has 3 rings (SSSR count). The summed E-state index contributed by atoms with van der Waals surface area (Å²) in [7, 11) is 0. The first-order valence-electron chi connectivity index (χ1n) is 8.05. The number of carbonyl (C=O) groups excluding carboxylic acids is 1. The number of aromatic amines is 1. The van der Waals surface area contributed by atoms with Gasteiger partial charge in [0.1, 0.15) is 0 Å². The minimum Gasteiger partial charge on any atom is -0.352 e. The van der Waals surface area contributed by atoms with E-state index in [9.17, 15) is 9.59 Å². The number of nitrogens with one attached hydrogen (secondary N) is 2. The van der Waals surface area contributed by atoms with Gasteiger partial charge >= 0.3 is 0 Å². The molecule has 0 radical (unpaired) electrons. The van der Waals surface area contributed by atoms with Crippen molar-refractivity contribution in [1.82, 2.24) is 10.3 Å². The van der Waals surface area contributed by atoms with Crippen LogP contribution >= 0.6 is 0 Å². The van der Waals surface area contributed by atoms with Gasteiger partial charge in [0.15, 0.2) is 0 Å². The minimum absolute atomic E-state index is 0.0532. The monoisotopic (exact) mass is 320 g/mol. The van der Waals surface area contributed by atoms with Crippen LogP contribution in [0.25, 0.3) is 10.9 Å². The van der Waals surface area contributed by atoms with Crippen LogP contribution in [0.3, 0.4) is 0 Å². The van der Waals surface area contributed by atoms with Crippen molar-refractivity contribution in [2.24, 2.45) is 0 Å². The summed E-state index contributed by atoms with van der Waals surface area (Å²) in [4.78, 5) is 27.1. The summed E-state index contributed by atoms with van der Waals surface area (Å²) in [6.45, 7) is 2.20. The number of hydrogen-bond donors (Lipinski definition) is 2. The number of benzene rings is 2. The molecular weight excluding hydrogens is 300 g/mol. The maximum absolute atomic E-state index is 12.2. The number of carbonyl (C=O) groups is 1. The Morgan fingerprint density at radius 3 is 2.67 bits per heavy atom. The topological polar surface area (TPSA) is 62.0 Å². The highest BCUT2D eigenvalue weighted by Gasteiger charge is 2.07. The summed E-state index contributed by atoms with van der Waals surface area (Å²) >= 11 is 0. The molecule has 0 saturated carbocycles. The van der Waals surface area contributed by atoms with Gasteiger partial charge in [-0.1, -0.05) is 48.5 Å². The summed E-state index contributed by atoms with van der Waals surface area (Å²) in [6, 6.07) is 17.6. The quantitative estimate of drug-likeness (QED) is 0.759. The van der Waals surface area contributed by atoms with Crippen LogP contribution in [0.5, 0.6) is 0 Å². The fraction of sp³-hybridized carbons (Fsp3) is 0.200. The number of pyridine rings is 1. The van der Waals surface area contributed by atoms with Gasteiger partial charge in [-0.05, 0) is 35.9 Å². The number of aryl methyl sites for hydroxylation is 2. The third kappa shape index (κ3) is 3.71. The third-order valence-corrected chi connectivity index (χ3v) is 4.12. The lowest BCUT2D eigenvalue weighted by molar-refractivity contribution is -0.121. The molecule has 0 atom stereocenters. The second-order valence-corrected chi connectivity index (χ2v) is 5.93. The predicted octanol–water partition coefficient (Wildman–Crippen LogP) is 3.09. The molecule has 0 aliphatic rings. The Morgan fingerprint density at radius 1 is 1.08 bits per heavy atom. The van der Waals surface area contributed by atoms with Crippen molar-refractivity contribution >= 4 is 16.8 Å². The Kier molecular flexibility index (Phi) is 4.75. The van der Waals surface area contributed by atoms with Crippen molar-refractivity contribution in [3.8, 4) is 0 Å². The SMILES string of the molecule is Cc1cccc2cc(CNC(=O)CCc3ccccc3)c(=O)[nH]c12. The number of fused-ring (bicyclic) bond motifs is 1. The van der Waals surface area contributed by atoms with Crippen LogP contribution in [0.1, 0.15) is 23.1 Å². The van der Waals surface area contributed by atoms with E-state index in [1.807, 2.05) is 61.5 Å². The lowest BCUT2D eigenvalue weighted by atomic mass is 10.1. The Bertz CT molecular complexity index is 914. The average Bonchev–Trinajstić information content (AvgIpc) is 2.60. The molecule has 24 heavy (non-hydrogen) atoms. The zero-order chi connectivity index (χ0) is 16.9. The van der Waals surface area contributed by atoms with E-state index in [1.165, 1.54) is 0 Å². The van der Waals surface area contributed by atoms with Gasteiger partial charge in [-0.25, -0.2) is 0 Å². The highest BCUT2D eigenvalue weighted by Crippen LogP contribution is 2.14. The maximum Gasteiger partial charge on any atom is 0.253 e. The van der Waals surface area contributed by atoms with Gasteiger partial charge in [-0.15, -0.1) is 0 Å². The third-order valence-electron chi connectivity index (χ3n) is 4.12. The van der Waals surface area contributed by atoms with Gasteiger partial charge in [0.25, 0.3) is 5.56 Å². The predicted molar refractivity (Wildman–Crippen MR) is 95.9 cm³/mol. The molecule has 2 aromatic carbocycles. The lowest BCUT2D eigenvalue weighted by Gasteiger charge is -2.07. The Hall–Kier alpha value is -2.88. The van der Waals surface area contributed by atoms with Crippen LogP contribution < -0.4 is 10.9 Å². The van der Waals surface area contributed by atoms with Crippen LogP contribution in [0.4, 0.5) is 0 Å². The molecule has 1 heterocycles. The molecule has 0 saturated heterocycles. The van der Waals surface area contributed by atoms with Gasteiger partial charge in [0, 0.05) is 18.5 Å². The molecule has 3 aromatic rings. The minimum atomic E-state index is -0.153. The summed E-state index contributed by atoms with van der Waals surface area (Å²) in [6.07, 6.45) is 1.11. The van der Waals surface area contributed by atoms with Gasteiger partial charge in [0.2, 0.25) is 5.91 Å². The molecule has 0 unspecified atom stereocenters. The molecule has 4 nitrogen and oxygen atoms in total. The van der Waals surface area contributed by atoms with Crippen LogP contribution in [0.2, 0.25) is 0 Å². The summed E-state index contributed by atoms with van der Waals surface area (Å²) < 4.78 is 0. The lowest BCUT2D eigenvalue weighted by Crippen LogP contribution is -2.26. The van der Waals surface area contributed by atoms with Gasteiger partial charge in [0.05, 0.1) is 5.52 Å². The van der Waals surface area contributed by atoms with Crippen molar-refractivity contribution in [2.45, 2.75) is 26.3 Å². The second-order valence-electron chi connectivity index (χ2n) is 5.93. The van der Waals surface area contributed by atoms with Crippen LogP contribution in [0, 0.1) is 6.92 Å². The highest BCUT2D eigenvalue weighted by atomic mass is 16.1. The van der Waals surface area contributed by atoms with Gasteiger partial charge in [-0.3, -0.25) is 9.59 Å². The van der Waals surface area contributed by atoms with Crippen molar-refractivity contribution in [3.05, 3.63) is 81.6 Å². The Balaban J connectivity index is 1.64. The summed E-state index contributed by atoms with van der Waals surface area (Å²) in [5.41, 5.74) is 3.43. The molecule has 1 aromatic heterocycles. The van der Waals surface area contributed by atoms with Crippen LogP contribution in [-0.4, -0.2) is 10.9 Å². The maximum atomic E-state index is 12.2. The molecule has 4 heteroatoms. The van der Waals surface area contributed by atoms with Crippen molar-refractivity contribution < 1.29 is 4.79 Å². The normalized spacial score (nSPS) is 10.7. The number of hydrogen-bond acceptors (Lipinski definition) is 2. The first-order chi connectivity index (χ1) is 11.6. The van der Waals surface area contributed by atoms with Gasteiger partial charge in [-0.2, -0.15) is 0 Å². The molecule has 0 spiro atoms. The molecule has 0 aliphatic heterocycles. The second kappa shape index (κ2) is 7.13. The number of para-hydroxylation sites is 1. The van der Waals surface area contributed by atoms with E-state index in [1.54, 1.807) is 0 Å². The molecular formula is C20H20N2O2. The number of H-pyrrole nitrogens is 1. The van der Waals surface area contributed by atoms with E-state index in [-0.39, 0.29) is 18.0 Å². The van der Waals surface area contributed by atoms with Crippen molar-refractivity contribution in [1.29, 1.82) is 0 Å². The number of amides is 1. The largest absolute Gasteiger partial charge is 0.352 e. The van der Waals surface area contributed by atoms with E-state index >= 15 is 0 Å². The van der Waals surface area contributed by atoms with Gasteiger partial charge < -0.3 is 10.3 Å². The average molecular weight is 320 g/mol. The smallest absolute Gasteiger partial charge is 0.253 e. The summed E-state index contributed by atoms with van der Waals surface area (Å²) in [5.74, 6) is -0.0532.